The summed E-state index contributed by atoms with van der Waals surface area (Å²) in [6, 6.07) is 5.65. The lowest BCUT2D eigenvalue weighted by molar-refractivity contribution is 0.136. The van der Waals surface area contributed by atoms with Crippen LogP contribution < -0.4 is 10.5 Å². The van der Waals surface area contributed by atoms with Crippen molar-refractivity contribution in [3.8, 4) is 16.9 Å². The molecule has 2 aromatic rings. The van der Waals surface area contributed by atoms with Crippen LogP contribution in [0.25, 0.3) is 11.1 Å². The van der Waals surface area contributed by atoms with Gasteiger partial charge in [-0.25, -0.2) is 0 Å². The standard InChI is InChI=1S/C14H19N3O2/c1-3-19-5-4-17-10-12(9-16-17)11-6-13(15)8-14(7-11)18-2/h6-10H,3-5,15H2,1-2H3. The van der Waals surface area contributed by atoms with Crippen LogP contribution in [0.5, 0.6) is 5.75 Å². The Morgan fingerprint density at radius 2 is 2.11 bits per heavy atom. The summed E-state index contributed by atoms with van der Waals surface area (Å²) in [5, 5.41) is 4.30. The molecule has 0 fully saturated rings. The Bertz CT molecular complexity index is 537. The smallest absolute Gasteiger partial charge is 0.121 e. The Kier molecular flexibility index (Phi) is 4.41. The van der Waals surface area contributed by atoms with Gasteiger partial charge in [-0.15, -0.1) is 0 Å². The molecule has 5 nitrogen and oxygen atoms in total. The second kappa shape index (κ2) is 6.24. The first kappa shape index (κ1) is 13.4. The van der Waals surface area contributed by atoms with Crippen LogP contribution in [-0.4, -0.2) is 30.1 Å². The highest BCUT2D eigenvalue weighted by Crippen LogP contribution is 2.26. The molecule has 0 saturated carbocycles. The number of anilines is 1. The molecule has 2 rings (SSSR count). The summed E-state index contributed by atoms with van der Waals surface area (Å²) in [4.78, 5) is 0. The Balaban J connectivity index is 2.15. The second-order valence-electron chi connectivity index (χ2n) is 4.18. The van der Waals surface area contributed by atoms with Crippen LogP contribution in [-0.2, 0) is 11.3 Å². The maximum Gasteiger partial charge on any atom is 0.121 e. The largest absolute Gasteiger partial charge is 0.497 e. The number of nitrogen functional groups attached to an aromatic ring is 1. The van der Waals surface area contributed by atoms with Crippen molar-refractivity contribution in [3.63, 3.8) is 0 Å². The van der Waals surface area contributed by atoms with E-state index in [1.807, 2.05) is 36.1 Å². The van der Waals surface area contributed by atoms with E-state index in [2.05, 4.69) is 5.10 Å². The molecule has 0 aliphatic rings. The third-order valence-corrected chi connectivity index (χ3v) is 2.80. The molecule has 0 bridgehead atoms. The summed E-state index contributed by atoms with van der Waals surface area (Å²) in [7, 11) is 1.63. The zero-order valence-corrected chi connectivity index (χ0v) is 11.3. The topological polar surface area (TPSA) is 62.3 Å². The molecule has 0 radical (unpaired) electrons. The molecule has 0 amide bonds. The average molecular weight is 261 g/mol. The number of aromatic nitrogens is 2. The van der Waals surface area contributed by atoms with Gasteiger partial charge in [-0.3, -0.25) is 4.68 Å². The molecular formula is C14H19N3O2. The van der Waals surface area contributed by atoms with Crippen LogP contribution in [0.3, 0.4) is 0 Å². The van der Waals surface area contributed by atoms with Crippen molar-refractivity contribution in [2.75, 3.05) is 26.1 Å². The van der Waals surface area contributed by atoms with Crippen molar-refractivity contribution < 1.29 is 9.47 Å². The van der Waals surface area contributed by atoms with Crippen molar-refractivity contribution in [1.82, 2.24) is 9.78 Å². The molecule has 0 spiro atoms. The van der Waals surface area contributed by atoms with Gasteiger partial charge < -0.3 is 15.2 Å². The second-order valence-corrected chi connectivity index (χ2v) is 4.18. The molecule has 1 heterocycles. The van der Waals surface area contributed by atoms with Gasteiger partial charge in [0.1, 0.15) is 5.75 Å². The van der Waals surface area contributed by atoms with Crippen molar-refractivity contribution in [2.24, 2.45) is 0 Å². The van der Waals surface area contributed by atoms with Crippen LogP contribution in [0, 0.1) is 0 Å². The highest BCUT2D eigenvalue weighted by molar-refractivity contribution is 5.68. The van der Waals surface area contributed by atoms with Crippen LogP contribution in [0.15, 0.2) is 30.6 Å². The first-order valence-corrected chi connectivity index (χ1v) is 6.28. The summed E-state index contributed by atoms with van der Waals surface area (Å²) in [6.07, 6.45) is 3.80. The van der Waals surface area contributed by atoms with E-state index >= 15 is 0 Å². The van der Waals surface area contributed by atoms with Gasteiger partial charge in [0.2, 0.25) is 0 Å². The van der Waals surface area contributed by atoms with Crippen LogP contribution in [0.2, 0.25) is 0 Å². The Morgan fingerprint density at radius 1 is 1.26 bits per heavy atom. The minimum Gasteiger partial charge on any atom is -0.497 e. The minimum absolute atomic E-state index is 0.665. The lowest BCUT2D eigenvalue weighted by Crippen LogP contribution is -2.05. The first-order chi connectivity index (χ1) is 9.22. The van der Waals surface area contributed by atoms with E-state index in [0.29, 0.717) is 12.3 Å². The van der Waals surface area contributed by atoms with Gasteiger partial charge >= 0.3 is 0 Å². The molecule has 0 atom stereocenters. The summed E-state index contributed by atoms with van der Waals surface area (Å²) < 4.78 is 12.4. The number of hydrogen-bond acceptors (Lipinski definition) is 4. The van der Waals surface area contributed by atoms with Gasteiger partial charge in [-0.1, -0.05) is 0 Å². The van der Waals surface area contributed by atoms with E-state index in [-0.39, 0.29) is 0 Å². The predicted octanol–water partition coefficient (Wildman–Crippen LogP) is 2.18. The Hall–Kier alpha value is -2.01. The Morgan fingerprint density at radius 3 is 2.84 bits per heavy atom. The van der Waals surface area contributed by atoms with Crippen LogP contribution >= 0.6 is 0 Å². The Labute approximate surface area is 112 Å². The molecular weight excluding hydrogens is 242 g/mol. The predicted molar refractivity (Wildman–Crippen MR) is 75.1 cm³/mol. The quantitative estimate of drug-likeness (QED) is 0.639. The van der Waals surface area contributed by atoms with E-state index in [9.17, 15) is 0 Å². The first-order valence-electron chi connectivity index (χ1n) is 6.28. The maximum absolute atomic E-state index is 5.85. The third-order valence-electron chi connectivity index (χ3n) is 2.80. The summed E-state index contributed by atoms with van der Waals surface area (Å²) in [6.45, 7) is 4.11. The normalized spacial score (nSPS) is 10.6. The third kappa shape index (κ3) is 3.48. The van der Waals surface area contributed by atoms with Crippen molar-refractivity contribution in [3.05, 3.63) is 30.6 Å². The van der Waals surface area contributed by atoms with Crippen molar-refractivity contribution in [1.29, 1.82) is 0 Å². The molecule has 0 unspecified atom stereocenters. The molecule has 1 aromatic heterocycles. The number of nitrogens with zero attached hydrogens (tertiary/aromatic N) is 2. The highest BCUT2D eigenvalue weighted by Gasteiger charge is 2.05. The van der Waals surface area contributed by atoms with Gasteiger partial charge in [0.15, 0.2) is 0 Å². The molecule has 0 aliphatic carbocycles. The van der Waals surface area contributed by atoms with Gasteiger partial charge in [-0.2, -0.15) is 5.10 Å². The maximum atomic E-state index is 5.85. The fourth-order valence-corrected chi connectivity index (χ4v) is 1.84. The number of benzene rings is 1. The number of ether oxygens (including phenoxy) is 2. The molecule has 102 valence electrons. The SMILES string of the molecule is CCOCCn1cc(-c2cc(N)cc(OC)c2)cn1. The van der Waals surface area contributed by atoms with E-state index in [0.717, 1.165) is 30.0 Å². The molecule has 0 aliphatic heterocycles. The molecule has 1 aromatic carbocycles. The van der Waals surface area contributed by atoms with Crippen LogP contribution in [0.1, 0.15) is 6.92 Å². The molecule has 19 heavy (non-hydrogen) atoms. The van der Waals surface area contributed by atoms with E-state index in [4.69, 9.17) is 15.2 Å². The average Bonchev–Trinajstić information content (AvgIpc) is 2.87. The fourth-order valence-electron chi connectivity index (χ4n) is 1.84. The fraction of sp³-hybridized carbons (Fsp3) is 0.357. The van der Waals surface area contributed by atoms with Crippen molar-refractivity contribution in [2.45, 2.75) is 13.5 Å². The monoisotopic (exact) mass is 261 g/mol. The minimum atomic E-state index is 0.665. The van der Waals surface area contributed by atoms with E-state index < -0.39 is 0 Å². The summed E-state index contributed by atoms with van der Waals surface area (Å²) in [5.74, 6) is 0.747. The number of hydrogen-bond donors (Lipinski definition) is 1. The summed E-state index contributed by atoms with van der Waals surface area (Å²) >= 11 is 0. The van der Waals surface area contributed by atoms with E-state index in [1.54, 1.807) is 13.2 Å². The van der Waals surface area contributed by atoms with Gasteiger partial charge in [0.05, 0.1) is 26.5 Å². The zero-order valence-electron chi connectivity index (χ0n) is 11.3. The van der Waals surface area contributed by atoms with Gasteiger partial charge in [0, 0.05) is 30.1 Å². The van der Waals surface area contributed by atoms with E-state index in [1.165, 1.54) is 0 Å². The molecule has 2 N–H and O–H groups in total. The van der Waals surface area contributed by atoms with Gasteiger partial charge in [0.25, 0.3) is 0 Å². The summed E-state index contributed by atoms with van der Waals surface area (Å²) in [5.41, 5.74) is 8.54. The van der Waals surface area contributed by atoms with Crippen molar-refractivity contribution >= 4 is 5.69 Å². The number of rotatable bonds is 6. The number of nitrogens with two attached hydrogens (primary N) is 1. The lowest BCUT2D eigenvalue weighted by atomic mass is 10.1. The zero-order chi connectivity index (χ0) is 13.7. The molecule has 5 heteroatoms. The highest BCUT2D eigenvalue weighted by atomic mass is 16.5. The lowest BCUT2D eigenvalue weighted by Gasteiger charge is -2.05. The molecule has 0 saturated heterocycles. The van der Waals surface area contributed by atoms with Gasteiger partial charge in [-0.05, 0) is 24.6 Å². The van der Waals surface area contributed by atoms with Crippen LogP contribution in [0.4, 0.5) is 5.69 Å². The number of methoxy groups -OCH3 is 1.